The first-order valence-corrected chi connectivity index (χ1v) is 11.0. The van der Waals surface area contributed by atoms with Crippen molar-refractivity contribution in [2.24, 2.45) is 10.7 Å². The van der Waals surface area contributed by atoms with E-state index < -0.39 is 0 Å². The lowest BCUT2D eigenvalue weighted by molar-refractivity contribution is -0.119. The number of fused-ring (bicyclic) bond motifs is 3. The molecule has 1 unspecified atom stereocenters. The van der Waals surface area contributed by atoms with Crippen LogP contribution in [0, 0.1) is 6.92 Å². The Morgan fingerprint density at radius 1 is 1.27 bits per heavy atom. The van der Waals surface area contributed by atoms with Crippen molar-refractivity contribution in [1.82, 2.24) is 20.3 Å². The molecule has 1 aliphatic rings. The number of aliphatic imine (C=N–C) groups is 1. The fourth-order valence-corrected chi connectivity index (χ4v) is 4.24. The minimum atomic E-state index is -0.00119. The smallest absolute Gasteiger partial charge is 0.224 e. The lowest BCUT2D eigenvalue weighted by atomic mass is 9.92. The molecule has 0 aliphatic carbocycles. The molecule has 2 aromatic carbocycles. The van der Waals surface area contributed by atoms with E-state index in [1.165, 1.54) is 0 Å². The zero-order valence-electron chi connectivity index (χ0n) is 19.2. The fraction of sp³-hybridized carbons (Fsp3) is 0.280. The molecule has 1 aliphatic heterocycles. The Hall–Kier alpha value is -3.94. The van der Waals surface area contributed by atoms with Gasteiger partial charge in [0, 0.05) is 49.9 Å². The van der Waals surface area contributed by atoms with Crippen LogP contribution in [0.3, 0.4) is 0 Å². The summed E-state index contributed by atoms with van der Waals surface area (Å²) in [5, 5.41) is 15.0. The van der Waals surface area contributed by atoms with Crippen LogP contribution >= 0.6 is 0 Å². The molecule has 1 aromatic heterocycles. The highest BCUT2D eigenvalue weighted by atomic mass is 16.1. The van der Waals surface area contributed by atoms with Crippen molar-refractivity contribution in [1.29, 1.82) is 0 Å². The van der Waals surface area contributed by atoms with Gasteiger partial charge < -0.3 is 16.4 Å². The SMILES string of the molecule is CN=CC(=CN)c1ccc2c(c1)C(Nc1ccc(CC(=O)NC)cc1)CCn1nnc(C)c1-2. The van der Waals surface area contributed by atoms with E-state index in [0.717, 1.165) is 57.9 Å². The van der Waals surface area contributed by atoms with Gasteiger partial charge in [-0.3, -0.25) is 9.79 Å². The summed E-state index contributed by atoms with van der Waals surface area (Å²) in [7, 11) is 3.38. The molecule has 0 saturated carbocycles. The van der Waals surface area contributed by atoms with Gasteiger partial charge in [-0.15, -0.1) is 5.10 Å². The van der Waals surface area contributed by atoms with Crippen molar-refractivity contribution in [3.63, 3.8) is 0 Å². The van der Waals surface area contributed by atoms with E-state index >= 15 is 0 Å². The number of aromatic nitrogens is 3. The summed E-state index contributed by atoms with van der Waals surface area (Å²) in [5.74, 6) is -0.00119. The zero-order chi connectivity index (χ0) is 23.4. The number of likely N-dealkylation sites (N-methyl/N-ethyl adjacent to an activating group) is 1. The van der Waals surface area contributed by atoms with Gasteiger partial charge in [-0.05, 0) is 48.2 Å². The third-order valence-electron chi connectivity index (χ3n) is 5.93. The molecule has 1 atom stereocenters. The maximum absolute atomic E-state index is 11.7. The number of hydrogen-bond acceptors (Lipinski definition) is 6. The standard InChI is InChI=1S/C25H29N7O/c1-16-25-21-9-6-18(19(14-26)15-27-2)13-22(21)23(10-11-32(25)31-30-16)29-20-7-4-17(5-8-20)12-24(33)28-3/h4-9,13-15,23,29H,10-12,26H2,1-3H3,(H,28,33). The monoisotopic (exact) mass is 443 g/mol. The van der Waals surface area contributed by atoms with Crippen LogP contribution in [0.5, 0.6) is 0 Å². The van der Waals surface area contributed by atoms with Crippen LogP contribution in [0.15, 0.2) is 53.7 Å². The number of anilines is 1. The van der Waals surface area contributed by atoms with Gasteiger partial charge in [0.15, 0.2) is 0 Å². The van der Waals surface area contributed by atoms with Crippen LogP contribution in [0.1, 0.15) is 34.8 Å². The van der Waals surface area contributed by atoms with Crippen molar-refractivity contribution in [2.75, 3.05) is 19.4 Å². The van der Waals surface area contributed by atoms with Crippen LogP contribution in [-0.4, -0.2) is 41.2 Å². The first-order chi connectivity index (χ1) is 16.0. The van der Waals surface area contributed by atoms with Crippen molar-refractivity contribution >= 4 is 23.4 Å². The second-order valence-corrected chi connectivity index (χ2v) is 8.09. The van der Waals surface area contributed by atoms with Crippen molar-refractivity contribution in [3.8, 4) is 11.3 Å². The van der Waals surface area contributed by atoms with E-state index in [0.29, 0.717) is 6.42 Å². The van der Waals surface area contributed by atoms with E-state index in [1.807, 2.05) is 35.9 Å². The van der Waals surface area contributed by atoms with E-state index in [1.54, 1.807) is 26.5 Å². The molecule has 0 radical (unpaired) electrons. The summed E-state index contributed by atoms with van der Waals surface area (Å²) in [6, 6.07) is 14.4. The molecule has 3 aromatic rings. The topological polar surface area (TPSA) is 110 Å². The predicted molar refractivity (Wildman–Crippen MR) is 132 cm³/mol. The van der Waals surface area contributed by atoms with Gasteiger partial charge in [0.25, 0.3) is 0 Å². The van der Waals surface area contributed by atoms with E-state index in [9.17, 15) is 4.79 Å². The number of carbonyl (C=O) groups excluding carboxylic acids is 1. The van der Waals surface area contributed by atoms with Gasteiger partial charge >= 0.3 is 0 Å². The summed E-state index contributed by atoms with van der Waals surface area (Å²) >= 11 is 0. The number of nitrogens with two attached hydrogens (primary N) is 1. The quantitative estimate of drug-likeness (QED) is 0.507. The van der Waals surface area contributed by atoms with Gasteiger partial charge in [-0.2, -0.15) is 0 Å². The second kappa shape index (κ2) is 9.68. The first-order valence-electron chi connectivity index (χ1n) is 11.0. The summed E-state index contributed by atoms with van der Waals surface area (Å²) in [6.45, 7) is 2.74. The van der Waals surface area contributed by atoms with Gasteiger partial charge in [0.05, 0.1) is 23.9 Å². The number of nitrogens with one attached hydrogen (secondary N) is 2. The Morgan fingerprint density at radius 2 is 2.06 bits per heavy atom. The molecule has 2 heterocycles. The lowest BCUT2D eigenvalue weighted by Crippen LogP contribution is -2.19. The second-order valence-electron chi connectivity index (χ2n) is 8.09. The number of rotatable bonds is 6. The van der Waals surface area contributed by atoms with Crippen LogP contribution in [-0.2, 0) is 17.8 Å². The third kappa shape index (κ3) is 4.64. The average Bonchev–Trinajstić information content (AvgIpc) is 3.12. The predicted octanol–water partition coefficient (Wildman–Crippen LogP) is 3.10. The molecule has 0 spiro atoms. The molecule has 0 fully saturated rings. The highest BCUT2D eigenvalue weighted by Gasteiger charge is 2.25. The average molecular weight is 444 g/mol. The van der Waals surface area contributed by atoms with Gasteiger partial charge in [0.1, 0.15) is 0 Å². The van der Waals surface area contributed by atoms with Crippen molar-refractivity contribution < 1.29 is 4.79 Å². The highest BCUT2D eigenvalue weighted by Crippen LogP contribution is 2.38. The summed E-state index contributed by atoms with van der Waals surface area (Å²) in [6.07, 6.45) is 4.56. The molecule has 1 amide bonds. The van der Waals surface area contributed by atoms with Gasteiger partial charge in [0.2, 0.25) is 5.91 Å². The van der Waals surface area contributed by atoms with E-state index in [4.69, 9.17) is 5.73 Å². The number of carbonyl (C=O) groups is 1. The molecule has 4 N–H and O–H groups in total. The van der Waals surface area contributed by atoms with Crippen molar-refractivity contribution in [2.45, 2.75) is 32.4 Å². The maximum atomic E-state index is 11.7. The zero-order valence-corrected chi connectivity index (χ0v) is 19.2. The summed E-state index contributed by atoms with van der Waals surface area (Å²) in [4.78, 5) is 15.8. The number of nitrogens with zero attached hydrogens (tertiary/aromatic N) is 4. The number of aryl methyl sites for hydroxylation is 2. The Balaban J connectivity index is 1.71. The normalized spacial score (nSPS) is 15.6. The number of allylic oxidation sites excluding steroid dienone is 1. The lowest BCUT2D eigenvalue weighted by Gasteiger charge is -2.22. The Bertz CT molecular complexity index is 1210. The Morgan fingerprint density at radius 3 is 2.76 bits per heavy atom. The minimum absolute atomic E-state index is 0.00119. The van der Waals surface area contributed by atoms with Crippen LogP contribution in [0.2, 0.25) is 0 Å². The molecule has 8 heteroatoms. The highest BCUT2D eigenvalue weighted by molar-refractivity contribution is 6.09. The van der Waals surface area contributed by atoms with Crippen LogP contribution in [0.25, 0.3) is 16.8 Å². The molecule has 170 valence electrons. The number of hydrogen-bond donors (Lipinski definition) is 3. The van der Waals surface area contributed by atoms with E-state index in [2.05, 4.69) is 44.1 Å². The molecule has 0 saturated heterocycles. The van der Waals surface area contributed by atoms with E-state index in [-0.39, 0.29) is 11.9 Å². The van der Waals surface area contributed by atoms with Crippen molar-refractivity contribution in [3.05, 3.63) is 71.0 Å². The third-order valence-corrected chi connectivity index (χ3v) is 5.93. The minimum Gasteiger partial charge on any atom is -0.404 e. The van der Waals surface area contributed by atoms with Crippen LogP contribution < -0.4 is 16.4 Å². The Kier molecular flexibility index (Phi) is 6.53. The number of benzene rings is 2. The molecule has 0 bridgehead atoms. The largest absolute Gasteiger partial charge is 0.404 e. The fourth-order valence-electron chi connectivity index (χ4n) is 4.24. The maximum Gasteiger partial charge on any atom is 0.224 e. The van der Waals surface area contributed by atoms with Crippen LogP contribution in [0.4, 0.5) is 5.69 Å². The molecular weight excluding hydrogens is 414 g/mol. The summed E-state index contributed by atoms with van der Waals surface area (Å²) in [5.41, 5.74) is 13.9. The number of amides is 1. The molecule has 4 rings (SSSR count). The van der Waals surface area contributed by atoms with Gasteiger partial charge in [-0.25, -0.2) is 4.68 Å². The van der Waals surface area contributed by atoms with Gasteiger partial charge in [-0.1, -0.05) is 29.5 Å². The summed E-state index contributed by atoms with van der Waals surface area (Å²) < 4.78 is 1.98. The first kappa shape index (κ1) is 22.3. The molecule has 8 nitrogen and oxygen atoms in total. The Labute approximate surface area is 193 Å². The molecule has 33 heavy (non-hydrogen) atoms. The molecular formula is C25H29N7O.